The number of carbonyl (C=O) groups excluding carboxylic acids is 1. The van der Waals surface area contributed by atoms with Gasteiger partial charge in [-0.25, -0.2) is 14.6 Å². The quantitative estimate of drug-likeness (QED) is 0.476. The number of hydrogen-bond donors (Lipinski definition) is 1. The molecule has 7 nitrogen and oxygen atoms in total. The number of aromatic nitrogens is 5. The molecule has 0 spiro atoms. The van der Waals surface area contributed by atoms with Crippen molar-refractivity contribution in [2.75, 3.05) is 0 Å². The number of imidazole rings is 1. The van der Waals surface area contributed by atoms with E-state index in [1.54, 1.807) is 9.08 Å². The number of alkyl halides is 3. The summed E-state index contributed by atoms with van der Waals surface area (Å²) in [5.41, 5.74) is 3.59. The van der Waals surface area contributed by atoms with E-state index in [1.165, 1.54) is 0 Å². The summed E-state index contributed by atoms with van der Waals surface area (Å²) in [6.07, 6.45) is -1.89. The molecule has 1 aliphatic heterocycles. The molecule has 0 radical (unpaired) electrons. The van der Waals surface area contributed by atoms with Gasteiger partial charge in [-0.15, -0.1) is 0 Å². The fraction of sp³-hybridized carbons (Fsp3) is 0.333. The summed E-state index contributed by atoms with van der Waals surface area (Å²) in [6, 6.07) is 12.9. The molecule has 34 heavy (non-hydrogen) atoms. The highest BCUT2D eigenvalue weighted by Crippen LogP contribution is 2.34. The molecule has 1 amide bonds. The number of aryl methyl sites for hydroxylation is 2. The summed E-state index contributed by atoms with van der Waals surface area (Å²) in [7, 11) is 0. The number of halogens is 3. The van der Waals surface area contributed by atoms with Gasteiger partial charge in [-0.05, 0) is 30.5 Å². The van der Waals surface area contributed by atoms with Gasteiger partial charge in [-0.1, -0.05) is 37.3 Å². The molecular weight excluding hydrogens is 445 g/mol. The number of hydrogen-bond acceptors (Lipinski definition) is 4. The maximum atomic E-state index is 13.1. The smallest absolute Gasteiger partial charge is 0.347 e. The molecule has 176 valence electrons. The highest BCUT2D eigenvalue weighted by molar-refractivity contribution is 5.94. The molecule has 1 aliphatic rings. The molecule has 4 aromatic rings. The average molecular weight is 468 g/mol. The molecule has 5 rings (SSSR count). The van der Waals surface area contributed by atoms with Crippen molar-refractivity contribution in [2.45, 2.75) is 45.5 Å². The van der Waals surface area contributed by atoms with Crippen LogP contribution in [-0.2, 0) is 25.9 Å². The Bertz CT molecular complexity index is 1340. The molecule has 0 saturated heterocycles. The Hall–Kier alpha value is -3.69. The zero-order valence-corrected chi connectivity index (χ0v) is 18.5. The molecule has 0 saturated carbocycles. The first-order valence-electron chi connectivity index (χ1n) is 11.2. The number of amides is 1. The van der Waals surface area contributed by atoms with Crippen LogP contribution >= 0.6 is 0 Å². The lowest BCUT2D eigenvalue weighted by Crippen LogP contribution is -2.31. The van der Waals surface area contributed by atoms with Crippen molar-refractivity contribution in [2.24, 2.45) is 5.92 Å². The SMILES string of the molecule is CCc1nc2ccccn2c1C(=O)NCc1ccc(-c2nc3n(n2)CC[C@H](C(F)(F)F)C3)cc1. The van der Waals surface area contributed by atoms with E-state index in [4.69, 9.17) is 0 Å². The summed E-state index contributed by atoms with van der Waals surface area (Å²) in [5.74, 6) is -0.808. The van der Waals surface area contributed by atoms with Crippen molar-refractivity contribution >= 4 is 11.6 Å². The fourth-order valence-electron chi connectivity index (χ4n) is 4.28. The van der Waals surface area contributed by atoms with Gasteiger partial charge in [-0.3, -0.25) is 9.20 Å². The van der Waals surface area contributed by atoms with Gasteiger partial charge in [0.25, 0.3) is 5.91 Å². The van der Waals surface area contributed by atoms with E-state index in [0.717, 1.165) is 22.5 Å². The fourth-order valence-corrected chi connectivity index (χ4v) is 4.28. The van der Waals surface area contributed by atoms with Gasteiger partial charge < -0.3 is 5.32 Å². The lowest BCUT2D eigenvalue weighted by Gasteiger charge is -2.24. The summed E-state index contributed by atoms with van der Waals surface area (Å²) in [5, 5.41) is 7.33. The number of rotatable bonds is 5. The van der Waals surface area contributed by atoms with E-state index in [0.29, 0.717) is 30.3 Å². The number of benzene rings is 1. The van der Waals surface area contributed by atoms with Crippen LogP contribution in [-0.4, -0.2) is 36.2 Å². The average Bonchev–Trinajstić information content (AvgIpc) is 3.43. The predicted molar refractivity (Wildman–Crippen MR) is 119 cm³/mol. The first-order chi connectivity index (χ1) is 16.3. The number of carbonyl (C=O) groups is 1. The highest BCUT2D eigenvalue weighted by Gasteiger charge is 2.42. The zero-order valence-electron chi connectivity index (χ0n) is 18.5. The Morgan fingerprint density at radius 2 is 1.94 bits per heavy atom. The van der Waals surface area contributed by atoms with Crippen molar-refractivity contribution in [1.29, 1.82) is 0 Å². The van der Waals surface area contributed by atoms with E-state index in [-0.39, 0.29) is 25.3 Å². The van der Waals surface area contributed by atoms with Gasteiger partial charge in [0.2, 0.25) is 0 Å². The Balaban J connectivity index is 1.27. The van der Waals surface area contributed by atoms with Gasteiger partial charge in [0, 0.05) is 31.3 Å². The van der Waals surface area contributed by atoms with E-state index in [9.17, 15) is 18.0 Å². The maximum absolute atomic E-state index is 13.1. The standard InChI is InChI=1S/C24H23F3N6O/c1-2-18-21(32-11-4-3-5-19(32)29-18)23(34)28-14-15-6-8-16(9-7-15)22-30-20-13-17(24(25,26)27)10-12-33(20)31-22/h3-9,11,17H,2,10,12-14H2,1H3,(H,28,34)/t17-/m0/s1. The Kier molecular flexibility index (Phi) is 5.59. The van der Waals surface area contributed by atoms with Crippen LogP contribution in [0.5, 0.6) is 0 Å². The Labute approximate surface area is 193 Å². The van der Waals surface area contributed by atoms with Gasteiger partial charge in [0.05, 0.1) is 11.6 Å². The number of pyridine rings is 1. The van der Waals surface area contributed by atoms with Crippen molar-refractivity contribution in [3.05, 3.63) is 71.4 Å². The monoisotopic (exact) mass is 468 g/mol. The summed E-state index contributed by atoms with van der Waals surface area (Å²) < 4.78 is 42.5. The van der Waals surface area contributed by atoms with Crippen molar-refractivity contribution in [3.63, 3.8) is 0 Å². The minimum Gasteiger partial charge on any atom is -0.347 e. The molecule has 0 bridgehead atoms. The van der Waals surface area contributed by atoms with Gasteiger partial charge >= 0.3 is 6.18 Å². The van der Waals surface area contributed by atoms with Crippen LogP contribution in [0.15, 0.2) is 48.7 Å². The third kappa shape index (κ3) is 4.15. The molecule has 1 atom stereocenters. The number of nitrogens with one attached hydrogen (secondary N) is 1. The highest BCUT2D eigenvalue weighted by atomic mass is 19.4. The van der Waals surface area contributed by atoms with Gasteiger partial charge in [0.1, 0.15) is 17.2 Å². The molecule has 4 heterocycles. The normalized spacial score (nSPS) is 15.9. The molecule has 1 aromatic carbocycles. The largest absolute Gasteiger partial charge is 0.392 e. The first kappa shape index (κ1) is 22.1. The summed E-state index contributed by atoms with van der Waals surface area (Å²) in [6.45, 7) is 2.49. The van der Waals surface area contributed by atoms with Crippen molar-refractivity contribution < 1.29 is 18.0 Å². The summed E-state index contributed by atoms with van der Waals surface area (Å²) >= 11 is 0. The lowest BCUT2D eigenvalue weighted by atomic mass is 9.98. The molecular formula is C24H23F3N6O. The van der Waals surface area contributed by atoms with Crippen molar-refractivity contribution in [3.8, 4) is 11.4 Å². The van der Waals surface area contributed by atoms with Crippen molar-refractivity contribution in [1.82, 2.24) is 29.5 Å². The number of nitrogens with zero attached hydrogens (tertiary/aromatic N) is 5. The first-order valence-corrected chi connectivity index (χ1v) is 11.2. The molecule has 10 heteroatoms. The minimum atomic E-state index is -4.22. The third-order valence-electron chi connectivity index (χ3n) is 6.15. The van der Waals surface area contributed by atoms with E-state index >= 15 is 0 Å². The van der Waals surface area contributed by atoms with E-state index in [2.05, 4.69) is 20.4 Å². The van der Waals surface area contributed by atoms with Crippen LogP contribution in [0.2, 0.25) is 0 Å². The maximum Gasteiger partial charge on any atom is 0.392 e. The van der Waals surface area contributed by atoms with Crippen LogP contribution < -0.4 is 5.32 Å². The third-order valence-corrected chi connectivity index (χ3v) is 6.15. The number of fused-ring (bicyclic) bond motifs is 2. The van der Waals surface area contributed by atoms with E-state index in [1.807, 2.05) is 55.6 Å². The Morgan fingerprint density at radius 3 is 2.68 bits per heavy atom. The molecule has 0 fully saturated rings. The zero-order chi connectivity index (χ0) is 23.9. The van der Waals surface area contributed by atoms with Crippen LogP contribution in [0.3, 0.4) is 0 Å². The second kappa shape index (κ2) is 8.58. The second-order valence-corrected chi connectivity index (χ2v) is 8.38. The minimum absolute atomic E-state index is 0.0180. The van der Waals surface area contributed by atoms with Crippen LogP contribution in [0.1, 0.15) is 40.9 Å². The topological polar surface area (TPSA) is 77.1 Å². The molecule has 1 N–H and O–H groups in total. The van der Waals surface area contributed by atoms with E-state index < -0.39 is 12.1 Å². The lowest BCUT2D eigenvalue weighted by molar-refractivity contribution is -0.179. The van der Waals surface area contributed by atoms with Crippen LogP contribution in [0.4, 0.5) is 13.2 Å². The molecule has 3 aromatic heterocycles. The predicted octanol–water partition coefficient (Wildman–Crippen LogP) is 4.21. The van der Waals surface area contributed by atoms with Gasteiger partial charge in [-0.2, -0.15) is 18.3 Å². The Morgan fingerprint density at radius 1 is 1.15 bits per heavy atom. The molecule has 0 unspecified atom stereocenters. The van der Waals surface area contributed by atoms with Crippen LogP contribution in [0, 0.1) is 5.92 Å². The second-order valence-electron chi connectivity index (χ2n) is 8.38. The molecule has 0 aliphatic carbocycles. The van der Waals surface area contributed by atoms with Crippen LogP contribution in [0.25, 0.3) is 17.0 Å². The summed E-state index contributed by atoms with van der Waals surface area (Å²) in [4.78, 5) is 21.8. The van der Waals surface area contributed by atoms with Gasteiger partial charge in [0.15, 0.2) is 5.82 Å².